The molecule has 0 spiro atoms. The molecule has 1 amide bonds. The van der Waals surface area contributed by atoms with E-state index in [1.54, 1.807) is 38.1 Å². The van der Waals surface area contributed by atoms with Crippen LogP contribution in [0.3, 0.4) is 0 Å². The van der Waals surface area contributed by atoms with Gasteiger partial charge in [0.2, 0.25) is 0 Å². The monoisotopic (exact) mass is 583 g/mol. The maximum atomic E-state index is 15.3. The van der Waals surface area contributed by atoms with E-state index in [0.717, 1.165) is 21.4 Å². The van der Waals surface area contributed by atoms with Gasteiger partial charge in [0.25, 0.3) is 11.5 Å². The number of rotatable bonds is 7. The molecule has 0 radical (unpaired) electrons. The van der Waals surface area contributed by atoms with E-state index in [9.17, 15) is 19.8 Å². The summed E-state index contributed by atoms with van der Waals surface area (Å²) < 4.78 is 17.8. The first kappa shape index (κ1) is 29.8. The average Bonchev–Trinajstić information content (AvgIpc) is 3.36. The molecule has 10 heteroatoms. The minimum atomic E-state index is -0.993. The van der Waals surface area contributed by atoms with Gasteiger partial charge in [0, 0.05) is 23.6 Å². The van der Waals surface area contributed by atoms with Gasteiger partial charge in [-0.05, 0) is 60.2 Å². The van der Waals surface area contributed by atoms with Crippen molar-refractivity contribution in [3.05, 3.63) is 117 Å². The quantitative estimate of drug-likeness (QED) is 0.260. The summed E-state index contributed by atoms with van der Waals surface area (Å²) in [7, 11) is 0. The molecule has 43 heavy (non-hydrogen) atoms. The fourth-order valence-electron chi connectivity index (χ4n) is 5.07. The van der Waals surface area contributed by atoms with Crippen LogP contribution in [0.1, 0.15) is 72.9 Å². The molecule has 0 aliphatic carbocycles. The Morgan fingerprint density at radius 1 is 1.00 bits per heavy atom. The standard InChI is InChI=1S/C33H34FN5O4/c1-32(2,3)22-14-20-16-36-39(31(42)29(20)25(34)15-22)28-8-6-7-27(24(28)18-40)38-17-23(30(35)41)26(37-38)13-19-9-11-21(12-10-19)33(4,5)43/h6-12,14-17,40,43H,13,18H2,1-5H3,(H2,35,41). The number of nitrogens with two attached hydrogens (primary N) is 1. The fourth-order valence-corrected chi connectivity index (χ4v) is 5.07. The number of nitrogens with zero attached hydrogens (tertiary/aromatic N) is 4. The van der Waals surface area contributed by atoms with Gasteiger partial charge in [-0.3, -0.25) is 9.59 Å². The lowest BCUT2D eigenvalue weighted by molar-refractivity contribution is 0.0786. The van der Waals surface area contributed by atoms with Gasteiger partial charge in [0.05, 0.1) is 46.4 Å². The zero-order chi connectivity index (χ0) is 31.3. The van der Waals surface area contributed by atoms with Gasteiger partial charge >= 0.3 is 0 Å². The van der Waals surface area contributed by atoms with Gasteiger partial charge in [-0.1, -0.05) is 51.1 Å². The Balaban J connectivity index is 1.59. The van der Waals surface area contributed by atoms with Crippen molar-refractivity contribution in [1.82, 2.24) is 19.6 Å². The summed E-state index contributed by atoms with van der Waals surface area (Å²) in [6, 6.07) is 15.4. The molecule has 0 bridgehead atoms. The lowest BCUT2D eigenvalue weighted by Gasteiger charge is -2.20. The van der Waals surface area contributed by atoms with Crippen LogP contribution in [0.25, 0.3) is 22.1 Å². The lowest BCUT2D eigenvalue weighted by atomic mass is 9.86. The summed E-state index contributed by atoms with van der Waals surface area (Å²) in [4.78, 5) is 25.9. The molecule has 0 saturated heterocycles. The summed E-state index contributed by atoms with van der Waals surface area (Å²) in [5.74, 6) is -1.32. The SMILES string of the molecule is CC(C)(C)c1cc(F)c2c(=O)n(-c3cccc(-n4cc(C(N)=O)c(Cc5ccc(C(C)(C)O)cc5)n4)c3CO)ncc2c1. The summed E-state index contributed by atoms with van der Waals surface area (Å²) in [6.07, 6.45) is 3.20. The Kier molecular flexibility index (Phi) is 7.53. The minimum Gasteiger partial charge on any atom is -0.392 e. The minimum absolute atomic E-state index is 0.106. The van der Waals surface area contributed by atoms with E-state index in [-0.39, 0.29) is 28.5 Å². The highest BCUT2D eigenvalue weighted by molar-refractivity contribution is 5.94. The number of halogens is 1. The van der Waals surface area contributed by atoms with Gasteiger partial charge in [0.1, 0.15) is 5.82 Å². The molecule has 0 atom stereocenters. The van der Waals surface area contributed by atoms with Crippen LogP contribution in [0, 0.1) is 5.82 Å². The number of aliphatic hydroxyl groups is 2. The van der Waals surface area contributed by atoms with Crippen LogP contribution in [-0.4, -0.2) is 35.7 Å². The van der Waals surface area contributed by atoms with Crippen LogP contribution in [0.2, 0.25) is 0 Å². The molecule has 0 aliphatic rings. The Hall–Kier alpha value is -4.67. The molecule has 222 valence electrons. The van der Waals surface area contributed by atoms with Crippen molar-refractivity contribution in [2.24, 2.45) is 5.73 Å². The van der Waals surface area contributed by atoms with E-state index >= 15 is 4.39 Å². The predicted octanol–water partition coefficient (Wildman–Crippen LogP) is 4.42. The number of primary amides is 1. The summed E-state index contributed by atoms with van der Waals surface area (Å²) in [5.41, 5.74) is 7.57. The maximum Gasteiger partial charge on any atom is 0.282 e. The number of fused-ring (bicyclic) bond motifs is 1. The molecule has 0 saturated carbocycles. The molecular formula is C33H34FN5O4. The highest BCUT2D eigenvalue weighted by atomic mass is 19.1. The Morgan fingerprint density at radius 2 is 1.67 bits per heavy atom. The molecule has 3 aromatic carbocycles. The normalized spacial score (nSPS) is 12.2. The number of carbonyl (C=O) groups excluding carboxylic acids is 1. The highest BCUT2D eigenvalue weighted by Gasteiger charge is 2.22. The van der Waals surface area contributed by atoms with Crippen LogP contribution < -0.4 is 11.3 Å². The first-order valence-corrected chi connectivity index (χ1v) is 13.8. The Bertz CT molecular complexity index is 1910. The second-order valence-corrected chi connectivity index (χ2v) is 12.2. The summed E-state index contributed by atoms with van der Waals surface area (Å²) >= 11 is 0. The molecule has 5 rings (SSSR count). The number of hydrogen-bond donors (Lipinski definition) is 3. The number of benzene rings is 3. The second kappa shape index (κ2) is 10.9. The molecular weight excluding hydrogens is 549 g/mol. The molecule has 4 N–H and O–H groups in total. The number of aliphatic hydroxyl groups excluding tert-OH is 1. The van der Waals surface area contributed by atoms with Crippen molar-refractivity contribution in [3.8, 4) is 11.4 Å². The predicted molar refractivity (Wildman–Crippen MR) is 162 cm³/mol. The van der Waals surface area contributed by atoms with Crippen molar-refractivity contribution >= 4 is 16.7 Å². The van der Waals surface area contributed by atoms with Crippen molar-refractivity contribution in [2.45, 2.75) is 58.7 Å². The number of hydrogen-bond acceptors (Lipinski definition) is 6. The van der Waals surface area contributed by atoms with Crippen LogP contribution in [0.5, 0.6) is 0 Å². The molecule has 0 aliphatic heterocycles. The van der Waals surface area contributed by atoms with E-state index in [1.165, 1.54) is 23.1 Å². The van der Waals surface area contributed by atoms with Crippen LogP contribution >= 0.6 is 0 Å². The van der Waals surface area contributed by atoms with Crippen LogP contribution in [0.4, 0.5) is 4.39 Å². The third kappa shape index (κ3) is 5.71. The van der Waals surface area contributed by atoms with Gasteiger partial charge in [-0.15, -0.1) is 0 Å². The van der Waals surface area contributed by atoms with Crippen molar-refractivity contribution in [2.75, 3.05) is 0 Å². The summed E-state index contributed by atoms with van der Waals surface area (Å²) in [6.45, 7) is 8.77. The van der Waals surface area contributed by atoms with Gasteiger partial charge in [-0.2, -0.15) is 14.9 Å². The van der Waals surface area contributed by atoms with Crippen molar-refractivity contribution in [3.63, 3.8) is 0 Å². The molecule has 2 heterocycles. The van der Waals surface area contributed by atoms with E-state index < -0.39 is 29.5 Å². The first-order chi connectivity index (χ1) is 20.2. The molecule has 2 aromatic heterocycles. The zero-order valence-electron chi connectivity index (χ0n) is 24.7. The number of amides is 1. The molecule has 0 unspecified atom stereocenters. The van der Waals surface area contributed by atoms with Crippen molar-refractivity contribution < 1.29 is 19.4 Å². The van der Waals surface area contributed by atoms with Crippen molar-refractivity contribution in [1.29, 1.82) is 0 Å². The Labute approximate surface area is 248 Å². The molecule has 0 fully saturated rings. The Morgan fingerprint density at radius 3 is 2.28 bits per heavy atom. The fraction of sp³-hybridized carbons (Fsp3) is 0.273. The second-order valence-electron chi connectivity index (χ2n) is 12.2. The summed E-state index contributed by atoms with van der Waals surface area (Å²) in [5, 5.41) is 29.9. The zero-order valence-corrected chi connectivity index (χ0v) is 24.7. The van der Waals surface area contributed by atoms with Gasteiger partial charge in [-0.25, -0.2) is 9.07 Å². The smallest absolute Gasteiger partial charge is 0.282 e. The topological polar surface area (TPSA) is 136 Å². The molecule has 5 aromatic rings. The number of carbonyl (C=O) groups is 1. The van der Waals surface area contributed by atoms with E-state index in [2.05, 4.69) is 10.2 Å². The first-order valence-electron chi connectivity index (χ1n) is 13.8. The van der Waals surface area contributed by atoms with E-state index in [4.69, 9.17) is 5.73 Å². The maximum absolute atomic E-state index is 15.3. The highest BCUT2D eigenvalue weighted by Crippen LogP contribution is 2.28. The van der Waals surface area contributed by atoms with Gasteiger partial charge < -0.3 is 15.9 Å². The van der Waals surface area contributed by atoms with Crippen LogP contribution in [-0.2, 0) is 24.0 Å². The van der Waals surface area contributed by atoms with Crippen LogP contribution in [0.15, 0.2) is 71.8 Å². The third-order valence-electron chi connectivity index (χ3n) is 7.55. The third-order valence-corrected chi connectivity index (χ3v) is 7.55. The van der Waals surface area contributed by atoms with E-state index in [0.29, 0.717) is 22.3 Å². The average molecular weight is 584 g/mol. The largest absolute Gasteiger partial charge is 0.392 e. The lowest BCUT2D eigenvalue weighted by Crippen LogP contribution is -2.24. The van der Waals surface area contributed by atoms with Gasteiger partial charge in [0.15, 0.2) is 0 Å². The van der Waals surface area contributed by atoms with E-state index in [1.807, 2.05) is 45.0 Å². The number of aromatic nitrogens is 4. The molecule has 9 nitrogen and oxygen atoms in total.